The molecular weight excluding hydrogens is 492 g/mol. The summed E-state index contributed by atoms with van der Waals surface area (Å²) >= 11 is 0. The molecule has 0 saturated carbocycles. The van der Waals surface area contributed by atoms with Crippen LogP contribution in [0, 0.1) is 0 Å². The van der Waals surface area contributed by atoms with E-state index < -0.39 is 29.0 Å². The largest absolute Gasteiger partial charge is 0.494 e. The number of ether oxygens (including phenoxy) is 2. The average Bonchev–Trinajstić information content (AvgIpc) is 2.91. The number of hydrogen-bond donors (Lipinski definition) is 3. The summed E-state index contributed by atoms with van der Waals surface area (Å²) in [5, 5.41) is 25.9. The van der Waals surface area contributed by atoms with Crippen LogP contribution in [0.25, 0.3) is 0 Å². The molecular formula is C29H36O9. The molecule has 0 atom stereocenters. The maximum Gasteiger partial charge on any atom is 0.336 e. The number of carbonyl (C=O) groups excluding carboxylic acids is 1. The predicted molar refractivity (Wildman–Crippen MR) is 142 cm³/mol. The number of carboxylic acid groups (broad SMARTS) is 3. The molecule has 0 amide bonds. The first-order chi connectivity index (χ1) is 18.3. The Balaban J connectivity index is 0.000000415. The highest BCUT2D eigenvalue weighted by molar-refractivity contribution is 6.03. The topological polar surface area (TPSA) is 147 Å². The fourth-order valence-electron chi connectivity index (χ4n) is 3.42. The molecule has 9 nitrogen and oxygen atoms in total. The van der Waals surface area contributed by atoms with Gasteiger partial charge in [0.25, 0.3) is 0 Å². The summed E-state index contributed by atoms with van der Waals surface area (Å²) in [6.45, 7) is 4.70. The number of unbranched alkanes of at least 4 members (excludes halogenated alkanes) is 8. The first-order valence-electron chi connectivity index (χ1n) is 12.6. The molecule has 0 fully saturated rings. The summed E-state index contributed by atoms with van der Waals surface area (Å²) < 4.78 is 10.6. The molecule has 0 aliphatic rings. The number of esters is 1. The second kappa shape index (κ2) is 19.0. The summed E-state index contributed by atoms with van der Waals surface area (Å²) in [4.78, 5) is 42.6. The first kappa shape index (κ1) is 31.9. The highest BCUT2D eigenvalue weighted by Crippen LogP contribution is 2.13. The first-order valence-corrected chi connectivity index (χ1v) is 12.6. The molecule has 9 heteroatoms. The Morgan fingerprint density at radius 3 is 1.68 bits per heavy atom. The fraction of sp³-hybridized carbons (Fsp3) is 0.379. The third-order valence-electron chi connectivity index (χ3n) is 5.44. The monoisotopic (exact) mass is 528 g/mol. The maximum atomic E-state index is 10.8. The third kappa shape index (κ3) is 13.8. The Kier molecular flexibility index (Phi) is 16.0. The fourth-order valence-corrected chi connectivity index (χ4v) is 3.42. The van der Waals surface area contributed by atoms with Gasteiger partial charge in [-0.15, -0.1) is 0 Å². The van der Waals surface area contributed by atoms with Gasteiger partial charge in [0.15, 0.2) is 0 Å². The van der Waals surface area contributed by atoms with Gasteiger partial charge in [-0.1, -0.05) is 69.7 Å². The number of carboxylic acids is 3. The Bertz CT molecular complexity index is 1030. The number of rotatable bonds is 17. The minimum Gasteiger partial charge on any atom is -0.494 e. The van der Waals surface area contributed by atoms with E-state index in [1.807, 2.05) is 30.3 Å². The minimum absolute atomic E-state index is 0.266. The lowest BCUT2D eigenvalue weighted by Crippen LogP contribution is -2.10. The van der Waals surface area contributed by atoms with Crippen LogP contribution >= 0.6 is 0 Å². The van der Waals surface area contributed by atoms with Crippen LogP contribution in [0.5, 0.6) is 5.75 Å². The van der Waals surface area contributed by atoms with Crippen LogP contribution in [0.4, 0.5) is 0 Å². The lowest BCUT2D eigenvalue weighted by molar-refractivity contribution is -0.137. The number of carbonyl (C=O) groups is 4. The van der Waals surface area contributed by atoms with Crippen LogP contribution in [-0.2, 0) is 9.53 Å². The van der Waals surface area contributed by atoms with Crippen LogP contribution in [-0.4, -0.2) is 52.4 Å². The summed E-state index contributed by atoms with van der Waals surface area (Å²) in [5.41, 5.74) is -1.24. The van der Waals surface area contributed by atoms with Crippen molar-refractivity contribution in [2.45, 2.75) is 57.8 Å². The van der Waals surface area contributed by atoms with Crippen LogP contribution < -0.4 is 4.74 Å². The van der Waals surface area contributed by atoms with Gasteiger partial charge in [0.05, 0.1) is 29.9 Å². The van der Waals surface area contributed by atoms with Crippen molar-refractivity contribution in [3.05, 3.63) is 77.9 Å². The normalized spacial score (nSPS) is 10.0. The highest BCUT2D eigenvalue weighted by Gasteiger charge is 2.18. The molecule has 2 aromatic carbocycles. The Morgan fingerprint density at radius 1 is 0.658 bits per heavy atom. The van der Waals surface area contributed by atoms with E-state index in [1.165, 1.54) is 44.6 Å². The minimum atomic E-state index is -1.48. The molecule has 2 aromatic rings. The van der Waals surface area contributed by atoms with Gasteiger partial charge in [-0.25, -0.2) is 19.2 Å². The molecule has 0 bridgehead atoms. The molecule has 0 aliphatic heterocycles. The van der Waals surface area contributed by atoms with Gasteiger partial charge >= 0.3 is 23.9 Å². The number of aromatic carboxylic acids is 3. The highest BCUT2D eigenvalue weighted by atomic mass is 16.5. The summed E-state index contributed by atoms with van der Waals surface area (Å²) in [6.07, 6.45) is 12.1. The molecule has 0 aliphatic carbocycles. The van der Waals surface area contributed by atoms with E-state index in [9.17, 15) is 19.2 Å². The zero-order valence-electron chi connectivity index (χ0n) is 21.5. The lowest BCUT2D eigenvalue weighted by atomic mass is 10.0. The predicted octanol–water partition coefficient (Wildman–Crippen LogP) is 6.09. The van der Waals surface area contributed by atoms with E-state index in [0.29, 0.717) is 6.61 Å². The Hall–Kier alpha value is -4.14. The molecule has 0 saturated heterocycles. The maximum absolute atomic E-state index is 10.8. The van der Waals surface area contributed by atoms with Crippen LogP contribution in [0.2, 0.25) is 0 Å². The van der Waals surface area contributed by atoms with Crippen molar-refractivity contribution in [3.8, 4) is 5.75 Å². The number of hydrogen-bond acceptors (Lipinski definition) is 6. The summed E-state index contributed by atoms with van der Waals surface area (Å²) in [7, 11) is 0. The van der Waals surface area contributed by atoms with Gasteiger partial charge in [-0.3, -0.25) is 0 Å². The Morgan fingerprint density at radius 2 is 1.18 bits per heavy atom. The summed E-state index contributed by atoms with van der Waals surface area (Å²) in [5.74, 6) is -3.55. The second-order valence-corrected chi connectivity index (χ2v) is 8.39. The molecule has 206 valence electrons. The van der Waals surface area contributed by atoms with Gasteiger partial charge in [0.1, 0.15) is 5.75 Å². The molecule has 0 aromatic heterocycles. The van der Waals surface area contributed by atoms with E-state index in [1.54, 1.807) is 0 Å². The van der Waals surface area contributed by atoms with Crippen molar-refractivity contribution in [3.63, 3.8) is 0 Å². The van der Waals surface area contributed by atoms with E-state index >= 15 is 0 Å². The van der Waals surface area contributed by atoms with Crippen molar-refractivity contribution in [2.24, 2.45) is 0 Å². The van der Waals surface area contributed by atoms with Crippen molar-refractivity contribution in [1.29, 1.82) is 0 Å². The molecule has 0 unspecified atom stereocenters. The standard InChI is InChI=1S/C20H30O3.C9H6O6/c1-2-20(21)23-18-14-9-7-5-3-4-6-8-13-17-22-19-15-11-10-12-16-19;10-7(11)4-1-2-5(8(12)13)6(3-4)9(14)15/h2,10-12,15-16H,1,3-9,13-14,17-18H2;1-3H,(H,10,11)(H,12,13)(H,14,15). The molecule has 38 heavy (non-hydrogen) atoms. The van der Waals surface area contributed by atoms with Crippen molar-refractivity contribution < 1.29 is 44.0 Å². The molecule has 3 N–H and O–H groups in total. The van der Waals surface area contributed by atoms with E-state index in [0.717, 1.165) is 49.8 Å². The third-order valence-corrected chi connectivity index (χ3v) is 5.44. The number of benzene rings is 2. The van der Waals surface area contributed by atoms with Crippen molar-refractivity contribution >= 4 is 23.9 Å². The van der Waals surface area contributed by atoms with Gasteiger partial charge in [0.2, 0.25) is 0 Å². The lowest BCUT2D eigenvalue weighted by Gasteiger charge is -2.06. The Labute approximate surface area is 222 Å². The van der Waals surface area contributed by atoms with Gasteiger partial charge < -0.3 is 24.8 Å². The smallest absolute Gasteiger partial charge is 0.336 e. The second-order valence-electron chi connectivity index (χ2n) is 8.39. The van der Waals surface area contributed by atoms with Crippen LogP contribution in [0.15, 0.2) is 61.2 Å². The van der Waals surface area contributed by atoms with Gasteiger partial charge in [-0.2, -0.15) is 0 Å². The average molecular weight is 529 g/mol. The van der Waals surface area contributed by atoms with Crippen LogP contribution in [0.3, 0.4) is 0 Å². The van der Waals surface area contributed by atoms with Crippen molar-refractivity contribution in [1.82, 2.24) is 0 Å². The molecule has 0 spiro atoms. The summed E-state index contributed by atoms with van der Waals surface area (Å²) in [6, 6.07) is 12.8. The zero-order valence-corrected chi connectivity index (χ0v) is 21.5. The van der Waals surface area contributed by atoms with Gasteiger partial charge in [-0.05, 0) is 43.2 Å². The quantitative estimate of drug-likeness (QED) is 0.126. The SMILES string of the molecule is C=CC(=O)OCCCCCCCCCCCOc1ccccc1.O=C(O)c1ccc(C(=O)O)c(C(=O)O)c1. The molecule has 2 rings (SSSR count). The van der Waals surface area contributed by atoms with Crippen molar-refractivity contribution in [2.75, 3.05) is 13.2 Å². The van der Waals surface area contributed by atoms with Gasteiger partial charge in [0, 0.05) is 6.08 Å². The molecule has 0 heterocycles. The van der Waals surface area contributed by atoms with E-state index in [2.05, 4.69) is 6.58 Å². The van der Waals surface area contributed by atoms with E-state index in [4.69, 9.17) is 24.8 Å². The molecule has 0 radical (unpaired) electrons. The van der Waals surface area contributed by atoms with E-state index in [-0.39, 0.29) is 11.5 Å². The number of para-hydroxylation sites is 1. The zero-order chi connectivity index (χ0) is 28.2. The van der Waals surface area contributed by atoms with Crippen LogP contribution in [0.1, 0.15) is 88.9 Å².